The van der Waals surface area contributed by atoms with E-state index in [1.165, 1.54) is 0 Å². The minimum absolute atomic E-state index is 0.162. The van der Waals surface area contributed by atoms with Gasteiger partial charge in [0.15, 0.2) is 0 Å². The van der Waals surface area contributed by atoms with E-state index in [4.69, 9.17) is 5.14 Å². The largest absolute Gasteiger partial charge is 0.464 e. The average molecular weight is 320 g/mol. The Bertz CT molecular complexity index is 724. The molecule has 1 aromatic rings. The van der Waals surface area contributed by atoms with Gasteiger partial charge in [-0.3, -0.25) is 4.79 Å². The summed E-state index contributed by atoms with van der Waals surface area (Å²) < 4.78 is 53.0. The lowest BCUT2D eigenvalue weighted by Gasteiger charge is -2.10. The molecular weight excluding hydrogens is 308 g/mol. The summed E-state index contributed by atoms with van der Waals surface area (Å²) in [5.41, 5.74) is 0. The third-order valence-electron chi connectivity index (χ3n) is 2.70. The Morgan fingerprint density at radius 3 is 2.10 bits per heavy atom. The van der Waals surface area contributed by atoms with Gasteiger partial charge < -0.3 is 4.74 Å². The monoisotopic (exact) mass is 320 g/mol. The second-order valence-electron chi connectivity index (χ2n) is 4.15. The summed E-state index contributed by atoms with van der Waals surface area (Å²) in [6, 6.07) is 3.44. The van der Waals surface area contributed by atoms with Crippen LogP contribution in [0.5, 0.6) is 0 Å². The molecule has 1 aromatic carbocycles. The Labute approximate surface area is 116 Å². The van der Waals surface area contributed by atoms with Crippen LogP contribution < -0.4 is 9.86 Å². The number of hydrogen-bond donors (Lipinski definition) is 2. The predicted octanol–water partition coefficient (Wildman–Crippen LogP) is -1.07. The fourth-order valence-electron chi connectivity index (χ4n) is 1.67. The van der Waals surface area contributed by atoms with Crippen molar-refractivity contribution >= 4 is 26.0 Å². The topological polar surface area (TPSA) is 133 Å². The summed E-state index contributed by atoms with van der Waals surface area (Å²) in [5, 5.41) is 4.91. The van der Waals surface area contributed by atoms with E-state index >= 15 is 0 Å². The maximum absolute atomic E-state index is 12.0. The van der Waals surface area contributed by atoms with Crippen LogP contribution >= 0.6 is 0 Å². The lowest BCUT2D eigenvalue weighted by atomic mass is 10.3. The SMILES string of the molecule is NS(=O)(=O)c1ccc(S(=O)(=O)N[C@@H]2CCOC2=O)cc1. The quantitative estimate of drug-likeness (QED) is 0.679. The highest BCUT2D eigenvalue weighted by atomic mass is 32.2. The molecule has 0 spiro atoms. The Hall–Kier alpha value is -1.49. The van der Waals surface area contributed by atoms with Crippen molar-refractivity contribution in [3.63, 3.8) is 0 Å². The highest BCUT2D eigenvalue weighted by Gasteiger charge is 2.31. The number of hydrogen-bond acceptors (Lipinski definition) is 6. The van der Waals surface area contributed by atoms with Crippen LogP contribution in [0, 0.1) is 0 Å². The van der Waals surface area contributed by atoms with Gasteiger partial charge in [0, 0.05) is 6.42 Å². The number of sulfonamides is 2. The summed E-state index contributed by atoms with van der Waals surface area (Å²) in [6.07, 6.45) is 0.257. The summed E-state index contributed by atoms with van der Waals surface area (Å²) in [4.78, 5) is 10.9. The molecule has 3 N–H and O–H groups in total. The van der Waals surface area contributed by atoms with Crippen molar-refractivity contribution in [1.82, 2.24) is 4.72 Å². The maximum atomic E-state index is 12.0. The van der Waals surface area contributed by atoms with Gasteiger partial charge in [-0.15, -0.1) is 0 Å². The summed E-state index contributed by atoms with van der Waals surface area (Å²) in [6.45, 7) is 0.163. The van der Waals surface area contributed by atoms with Gasteiger partial charge in [0.2, 0.25) is 20.0 Å². The molecule has 1 atom stereocenters. The van der Waals surface area contributed by atoms with E-state index in [1.807, 2.05) is 0 Å². The van der Waals surface area contributed by atoms with Crippen molar-refractivity contribution in [1.29, 1.82) is 0 Å². The van der Waals surface area contributed by atoms with Crippen molar-refractivity contribution in [2.24, 2.45) is 5.14 Å². The fraction of sp³-hybridized carbons (Fsp3) is 0.300. The van der Waals surface area contributed by atoms with Crippen LogP contribution in [0.25, 0.3) is 0 Å². The van der Waals surface area contributed by atoms with Crippen LogP contribution in [0.4, 0.5) is 0 Å². The number of primary sulfonamides is 1. The number of cyclic esters (lactones) is 1. The number of carbonyl (C=O) groups excluding carboxylic acids is 1. The molecule has 2 rings (SSSR count). The molecule has 10 heteroatoms. The van der Waals surface area contributed by atoms with E-state index in [-0.39, 0.29) is 22.8 Å². The van der Waals surface area contributed by atoms with Crippen molar-refractivity contribution in [2.75, 3.05) is 6.61 Å². The zero-order chi connectivity index (χ0) is 15.0. The molecule has 0 aliphatic carbocycles. The van der Waals surface area contributed by atoms with Gasteiger partial charge in [0.05, 0.1) is 16.4 Å². The molecule has 1 aliphatic heterocycles. The zero-order valence-electron chi connectivity index (χ0n) is 10.1. The van der Waals surface area contributed by atoms with E-state index in [1.54, 1.807) is 0 Å². The van der Waals surface area contributed by atoms with Crippen molar-refractivity contribution in [2.45, 2.75) is 22.3 Å². The second kappa shape index (κ2) is 5.13. The maximum Gasteiger partial charge on any atom is 0.324 e. The molecule has 110 valence electrons. The number of carbonyl (C=O) groups is 1. The van der Waals surface area contributed by atoms with Gasteiger partial charge in [0.25, 0.3) is 0 Å². The van der Waals surface area contributed by atoms with Crippen LogP contribution in [-0.2, 0) is 29.6 Å². The van der Waals surface area contributed by atoms with Crippen molar-refractivity contribution in [3.8, 4) is 0 Å². The van der Waals surface area contributed by atoms with Gasteiger partial charge in [-0.05, 0) is 24.3 Å². The lowest BCUT2D eigenvalue weighted by molar-refractivity contribution is -0.139. The first kappa shape index (κ1) is 14.9. The Kier molecular flexibility index (Phi) is 3.82. The predicted molar refractivity (Wildman–Crippen MR) is 67.5 cm³/mol. The number of nitrogens with one attached hydrogen (secondary N) is 1. The highest BCUT2D eigenvalue weighted by Crippen LogP contribution is 2.15. The summed E-state index contributed by atoms with van der Waals surface area (Å²) in [5.74, 6) is -0.630. The van der Waals surface area contributed by atoms with E-state index in [9.17, 15) is 21.6 Å². The molecule has 8 nitrogen and oxygen atoms in total. The Morgan fingerprint density at radius 1 is 1.10 bits per heavy atom. The number of nitrogens with two attached hydrogens (primary N) is 1. The number of esters is 1. The molecule has 1 saturated heterocycles. The number of rotatable bonds is 4. The van der Waals surface area contributed by atoms with Gasteiger partial charge in [-0.25, -0.2) is 22.0 Å². The normalized spacial score (nSPS) is 19.9. The van der Waals surface area contributed by atoms with Crippen LogP contribution in [0.3, 0.4) is 0 Å². The standard InChI is InChI=1S/C10H12N2O6S2/c11-19(14,15)7-1-3-8(4-2-7)20(16,17)12-9-5-6-18-10(9)13/h1-4,9,12H,5-6H2,(H2,11,14,15)/t9-/m1/s1. The lowest BCUT2D eigenvalue weighted by Crippen LogP contribution is -2.37. The number of ether oxygens (including phenoxy) is 1. The molecule has 0 unspecified atom stereocenters. The fourth-order valence-corrected chi connectivity index (χ4v) is 3.40. The minimum atomic E-state index is -3.93. The second-order valence-corrected chi connectivity index (χ2v) is 7.42. The molecule has 20 heavy (non-hydrogen) atoms. The molecule has 1 aliphatic rings. The molecule has 0 saturated carbocycles. The van der Waals surface area contributed by atoms with Crippen molar-refractivity contribution in [3.05, 3.63) is 24.3 Å². The summed E-state index contributed by atoms with van der Waals surface area (Å²) >= 11 is 0. The Morgan fingerprint density at radius 2 is 1.65 bits per heavy atom. The molecular formula is C10H12N2O6S2. The van der Waals surface area contributed by atoms with Gasteiger partial charge in [-0.1, -0.05) is 0 Å². The summed E-state index contributed by atoms with van der Waals surface area (Å²) in [7, 11) is -7.81. The minimum Gasteiger partial charge on any atom is -0.464 e. The first-order valence-corrected chi connectivity index (χ1v) is 8.55. The smallest absolute Gasteiger partial charge is 0.324 e. The Balaban J connectivity index is 2.24. The molecule has 0 aromatic heterocycles. The van der Waals surface area contributed by atoms with Gasteiger partial charge in [0.1, 0.15) is 6.04 Å². The molecule has 1 fully saturated rings. The van der Waals surface area contributed by atoms with E-state index < -0.39 is 32.1 Å². The van der Waals surface area contributed by atoms with Crippen LogP contribution in [0.1, 0.15) is 6.42 Å². The third kappa shape index (κ3) is 3.15. The average Bonchev–Trinajstić information content (AvgIpc) is 2.73. The zero-order valence-corrected chi connectivity index (χ0v) is 11.8. The molecule has 0 amide bonds. The molecule has 1 heterocycles. The van der Waals surface area contributed by atoms with Crippen LogP contribution in [0.2, 0.25) is 0 Å². The molecule has 0 radical (unpaired) electrons. The van der Waals surface area contributed by atoms with Crippen molar-refractivity contribution < 1.29 is 26.4 Å². The molecule has 0 bridgehead atoms. The number of benzene rings is 1. The van der Waals surface area contributed by atoms with Crippen LogP contribution in [-0.4, -0.2) is 35.5 Å². The van der Waals surface area contributed by atoms with Gasteiger partial charge >= 0.3 is 5.97 Å². The first-order chi connectivity index (χ1) is 9.20. The van der Waals surface area contributed by atoms with E-state index in [0.29, 0.717) is 0 Å². The highest BCUT2D eigenvalue weighted by molar-refractivity contribution is 7.89. The van der Waals surface area contributed by atoms with Crippen LogP contribution in [0.15, 0.2) is 34.1 Å². The van der Waals surface area contributed by atoms with Gasteiger partial charge in [-0.2, -0.15) is 4.72 Å². The van der Waals surface area contributed by atoms with E-state index in [2.05, 4.69) is 9.46 Å². The van der Waals surface area contributed by atoms with E-state index in [0.717, 1.165) is 24.3 Å². The third-order valence-corrected chi connectivity index (χ3v) is 5.11. The first-order valence-electron chi connectivity index (χ1n) is 5.52.